The van der Waals surface area contributed by atoms with Crippen LogP contribution in [0.5, 0.6) is 0 Å². The number of benzene rings is 1. The lowest BCUT2D eigenvalue weighted by atomic mass is 9.90. The first-order chi connectivity index (χ1) is 17.4. The van der Waals surface area contributed by atoms with Gasteiger partial charge in [0.05, 0.1) is 22.4 Å². The number of allylic oxidation sites excluding steroid dienone is 5. The van der Waals surface area contributed by atoms with Gasteiger partial charge in [0, 0.05) is 24.0 Å². The van der Waals surface area contributed by atoms with Crippen molar-refractivity contribution in [1.29, 1.82) is 0 Å². The molecule has 9 nitrogen and oxygen atoms in total. The van der Waals surface area contributed by atoms with E-state index in [1.54, 1.807) is 23.1 Å². The first-order valence-corrected chi connectivity index (χ1v) is 14.8. The zero-order chi connectivity index (χ0) is 27.4. The van der Waals surface area contributed by atoms with Crippen molar-refractivity contribution in [3.8, 4) is 0 Å². The molecule has 1 fully saturated rings. The van der Waals surface area contributed by atoms with Crippen LogP contribution in [-0.2, 0) is 20.0 Å². The lowest BCUT2D eigenvalue weighted by molar-refractivity contribution is 0.371. The highest BCUT2D eigenvalue weighted by molar-refractivity contribution is 7.94. The van der Waals surface area contributed by atoms with Crippen LogP contribution in [0.1, 0.15) is 18.9 Å². The number of sulfonamides is 2. The van der Waals surface area contributed by atoms with Gasteiger partial charge in [0.1, 0.15) is 0 Å². The number of guanidine groups is 1. The summed E-state index contributed by atoms with van der Waals surface area (Å²) in [5, 5.41) is 11.3. The van der Waals surface area contributed by atoms with Gasteiger partial charge in [0.2, 0.25) is 16.0 Å². The Bertz CT molecular complexity index is 1410. The lowest BCUT2D eigenvalue weighted by Crippen LogP contribution is -2.42. The minimum Gasteiger partial charge on any atom is -0.339 e. The molecule has 2 aliphatic heterocycles. The van der Waals surface area contributed by atoms with Gasteiger partial charge >= 0.3 is 0 Å². The van der Waals surface area contributed by atoms with E-state index >= 15 is 0 Å². The standard InChI is InChI=1S/C25H30ClN5O4S2/c1-5-8-9-19(7-3)23-17-31(28-24(23)20-10-12-21(26)13-11-20)25(29-37(34,35)18(4)6-2)30-15-14-22(16-30)36(27,32)33/h5-13,22-23H,1-2,4,14-17H2,3H3,(H2,27,32,33)/b9-8-,19-7+,29-25-/t22-,23+/m1/s1. The van der Waals surface area contributed by atoms with Gasteiger partial charge < -0.3 is 4.90 Å². The Hall–Kier alpha value is -2.99. The first-order valence-electron chi connectivity index (χ1n) is 11.4. The van der Waals surface area contributed by atoms with E-state index in [-0.39, 0.29) is 42.8 Å². The predicted octanol–water partition coefficient (Wildman–Crippen LogP) is 3.41. The highest BCUT2D eigenvalue weighted by Crippen LogP contribution is 2.30. The summed E-state index contributed by atoms with van der Waals surface area (Å²) in [6.45, 7) is 13.1. The highest BCUT2D eigenvalue weighted by atomic mass is 35.5. The molecule has 3 rings (SSSR count). The summed E-state index contributed by atoms with van der Waals surface area (Å²) in [5.74, 6) is -0.263. The van der Waals surface area contributed by atoms with E-state index in [0.29, 0.717) is 10.7 Å². The average molecular weight is 564 g/mol. The smallest absolute Gasteiger partial charge is 0.285 e. The highest BCUT2D eigenvalue weighted by Gasteiger charge is 2.39. The second-order valence-corrected chi connectivity index (χ2v) is 12.4. The Labute approximate surface area is 223 Å². The van der Waals surface area contributed by atoms with Gasteiger partial charge in [-0.3, -0.25) is 0 Å². The zero-order valence-electron chi connectivity index (χ0n) is 20.5. The van der Waals surface area contributed by atoms with Crippen LogP contribution >= 0.6 is 11.6 Å². The maximum atomic E-state index is 12.9. The summed E-state index contributed by atoms with van der Waals surface area (Å²) in [7, 11) is -8.03. The van der Waals surface area contributed by atoms with Crippen molar-refractivity contribution in [3.63, 3.8) is 0 Å². The Morgan fingerprint density at radius 1 is 1.19 bits per heavy atom. The monoisotopic (exact) mass is 563 g/mol. The quantitative estimate of drug-likeness (QED) is 0.293. The van der Waals surface area contributed by atoms with Crippen molar-refractivity contribution in [1.82, 2.24) is 9.91 Å². The van der Waals surface area contributed by atoms with Crippen LogP contribution in [0.2, 0.25) is 5.02 Å². The molecule has 0 amide bonds. The molecule has 37 heavy (non-hydrogen) atoms. The van der Waals surface area contributed by atoms with E-state index in [0.717, 1.165) is 17.2 Å². The second-order valence-electron chi connectivity index (χ2n) is 8.49. The van der Waals surface area contributed by atoms with Crippen molar-refractivity contribution in [3.05, 3.63) is 95.4 Å². The van der Waals surface area contributed by atoms with Crippen molar-refractivity contribution < 1.29 is 16.8 Å². The van der Waals surface area contributed by atoms with Crippen LogP contribution in [0.15, 0.2) is 94.4 Å². The number of halogens is 1. The van der Waals surface area contributed by atoms with Gasteiger partial charge in [-0.25, -0.2) is 18.6 Å². The Kier molecular flexibility index (Phi) is 8.96. The number of primary sulfonamides is 1. The minimum atomic E-state index is -4.20. The fraction of sp³-hybridized carbons (Fsp3) is 0.280. The molecular formula is C25H30ClN5O4S2. The topological polar surface area (TPSA) is 125 Å². The average Bonchev–Trinajstić information content (AvgIpc) is 3.51. The van der Waals surface area contributed by atoms with E-state index < -0.39 is 25.3 Å². The molecule has 2 N–H and O–H groups in total. The molecule has 0 bridgehead atoms. The van der Waals surface area contributed by atoms with E-state index in [1.807, 2.05) is 37.3 Å². The fourth-order valence-corrected chi connectivity index (χ4v) is 5.78. The molecule has 0 unspecified atom stereocenters. The summed E-state index contributed by atoms with van der Waals surface area (Å²) in [6.07, 6.45) is 8.65. The Morgan fingerprint density at radius 2 is 1.86 bits per heavy atom. The predicted molar refractivity (Wildman–Crippen MR) is 150 cm³/mol. The third-order valence-electron chi connectivity index (χ3n) is 6.10. The van der Waals surface area contributed by atoms with Crippen LogP contribution in [0.25, 0.3) is 0 Å². The summed E-state index contributed by atoms with van der Waals surface area (Å²) in [4.78, 5) is 1.29. The van der Waals surface area contributed by atoms with Gasteiger partial charge in [-0.1, -0.05) is 67.8 Å². The Balaban J connectivity index is 2.14. The van der Waals surface area contributed by atoms with Crippen LogP contribution in [0, 0.1) is 5.92 Å². The molecule has 2 atom stereocenters. The molecule has 0 aliphatic carbocycles. The van der Waals surface area contributed by atoms with Gasteiger partial charge in [-0.05, 0) is 42.7 Å². The number of nitrogens with zero attached hydrogens (tertiary/aromatic N) is 4. The summed E-state index contributed by atoms with van der Waals surface area (Å²) < 4.78 is 53.9. The molecule has 2 heterocycles. The summed E-state index contributed by atoms with van der Waals surface area (Å²) in [5.41, 5.74) is 2.40. The molecule has 0 radical (unpaired) electrons. The normalized spacial score (nSPS) is 21.4. The van der Waals surface area contributed by atoms with E-state index in [4.69, 9.17) is 21.8 Å². The number of hydrogen-bond donors (Lipinski definition) is 1. The molecule has 12 heteroatoms. The third kappa shape index (κ3) is 6.67. The maximum absolute atomic E-state index is 12.9. The van der Waals surface area contributed by atoms with E-state index in [9.17, 15) is 16.8 Å². The largest absolute Gasteiger partial charge is 0.339 e. The van der Waals surface area contributed by atoms with E-state index in [1.165, 1.54) is 5.01 Å². The second kappa shape index (κ2) is 11.6. The molecule has 0 aromatic heterocycles. The van der Waals surface area contributed by atoms with Crippen molar-refractivity contribution >= 4 is 43.3 Å². The molecule has 0 saturated carbocycles. The van der Waals surface area contributed by atoms with Crippen molar-refractivity contribution in [2.75, 3.05) is 19.6 Å². The maximum Gasteiger partial charge on any atom is 0.285 e. The zero-order valence-corrected chi connectivity index (χ0v) is 22.9. The first kappa shape index (κ1) is 28.6. The third-order valence-corrected chi connectivity index (χ3v) is 8.90. The number of nitrogens with two attached hydrogens (primary N) is 1. The summed E-state index contributed by atoms with van der Waals surface area (Å²) >= 11 is 6.09. The molecule has 1 aromatic carbocycles. The van der Waals surface area contributed by atoms with Crippen LogP contribution in [0.3, 0.4) is 0 Å². The molecule has 2 aliphatic rings. The fourth-order valence-electron chi connectivity index (χ4n) is 4.08. The lowest BCUT2D eigenvalue weighted by Gasteiger charge is -2.26. The Morgan fingerprint density at radius 3 is 2.41 bits per heavy atom. The van der Waals surface area contributed by atoms with Gasteiger partial charge in [0.25, 0.3) is 10.0 Å². The van der Waals surface area contributed by atoms with Gasteiger partial charge in [0.15, 0.2) is 0 Å². The van der Waals surface area contributed by atoms with Crippen molar-refractivity contribution in [2.45, 2.75) is 18.6 Å². The molecular weight excluding hydrogens is 534 g/mol. The molecule has 0 spiro atoms. The van der Waals surface area contributed by atoms with Gasteiger partial charge in [-0.2, -0.15) is 13.5 Å². The van der Waals surface area contributed by atoms with Crippen molar-refractivity contribution in [2.24, 2.45) is 20.6 Å². The number of rotatable bonds is 8. The minimum absolute atomic E-state index is 0.00809. The number of likely N-dealkylation sites (tertiary alicyclic amines) is 1. The summed E-state index contributed by atoms with van der Waals surface area (Å²) in [6, 6.07) is 7.17. The van der Waals surface area contributed by atoms with Crippen LogP contribution in [0.4, 0.5) is 0 Å². The number of hydrazone groups is 1. The van der Waals surface area contributed by atoms with Crippen LogP contribution in [-0.4, -0.2) is 63.3 Å². The number of hydrogen-bond acceptors (Lipinski definition) is 5. The van der Waals surface area contributed by atoms with E-state index in [2.05, 4.69) is 24.1 Å². The SMILES string of the molecule is C=C/C=C\C(=C/C)[C@@H]1CN(/C(=N\S(=O)(=O)C(=C)C=C)N2CC[C@@H](S(N)(=O)=O)C2)N=C1c1ccc(Cl)cc1. The van der Waals surface area contributed by atoms with Gasteiger partial charge in [-0.15, -0.1) is 4.40 Å². The molecule has 1 saturated heterocycles. The molecule has 1 aromatic rings. The molecule has 198 valence electrons. The van der Waals surface area contributed by atoms with Crippen LogP contribution < -0.4 is 5.14 Å².